The lowest BCUT2D eigenvalue weighted by Crippen LogP contribution is -2.22. The Labute approximate surface area is 116 Å². The summed E-state index contributed by atoms with van der Waals surface area (Å²) in [5.41, 5.74) is 10.6. The van der Waals surface area contributed by atoms with Crippen LogP contribution in [0.25, 0.3) is 0 Å². The third-order valence-corrected chi connectivity index (χ3v) is 3.93. The zero-order chi connectivity index (χ0) is 13.3. The summed E-state index contributed by atoms with van der Waals surface area (Å²) < 4.78 is 3.10. The summed E-state index contributed by atoms with van der Waals surface area (Å²) in [6.45, 7) is 6.77. The second-order valence-electron chi connectivity index (χ2n) is 4.55. The zero-order valence-electron chi connectivity index (χ0n) is 10.9. The summed E-state index contributed by atoms with van der Waals surface area (Å²) in [6, 6.07) is 8.33. The average molecular weight is 308 g/mol. The highest BCUT2D eigenvalue weighted by molar-refractivity contribution is 9.10. The number of hydrogen-bond donors (Lipinski definition) is 1. The predicted molar refractivity (Wildman–Crippen MR) is 77.8 cm³/mol. The van der Waals surface area contributed by atoms with Crippen LogP contribution in [0, 0.1) is 20.8 Å². The van der Waals surface area contributed by atoms with Crippen LogP contribution in [0.3, 0.4) is 0 Å². The molecule has 1 unspecified atom stereocenters. The SMILES string of the molecule is Cc1nn(C(CN)c2cccc(Br)c2)c(C)c1C. The maximum Gasteiger partial charge on any atom is 0.0894 e. The third-order valence-electron chi connectivity index (χ3n) is 3.44. The fourth-order valence-corrected chi connectivity index (χ4v) is 2.56. The van der Waals surface area contributed by atoms with E-state index in [4.69, 9.17) is 5.73 Å². The van der Waals surface area contributed by atoms with Crippen molar-refractivity contribution in [3.63, 3.8) is 0 Å². The van der Waals surface area contributed by atoms with Gasteiger partial charge < -0.3 is 5.73 Å². The molecule has 2 N–H and O–H groups in total. The van der Waals surface area contributed by atoms with Crippen molar-refractivity contribution in [2.24, 2.45) is 5.73 Å². The molecular weight excluding hydrogens is 290 g/mol. The lowest BCUT2D eigenvalue weighted by atomic mass is 10.1. The van der Waals surface area contributed by atoms with Crippen LogP contribution in [0.5, 0.6) is 0 Å². The summed E-state index contributed by atoms with van der Waals surface area (Å²) in [6.07, 6.45) is 0. The molecule has 0 fully saturated rings. The third kappa shape index (κ3) is 2.35. The monoisotopic (exact) mass is 307 g/mol. The van der Waals surface area contributed by atoms with Gasteiger partial charge in [0.15, 0.2) is 0 Å². The van der Waals surface area contributed by atoms with Gasteiger partial charge in [-0.1, -0.05) is 28.1 Å². The first-order valence-electron chi connectivity index (χ1n) is 6.02. The first-order valence-corrected chi connectivity index (χ1v) is 6.81. The van der Waals surface area contributed by atoms with Gasteiger partial charge in [0.05, 0.1) is 11.7 Å². The smallest absolute Gasteiger partial charge is 0.0894 e. The Morgan fingerprint density at radius 2 is 2.06 bits per heavy atom. The Kier molecular flexibility index (Phi) is 3.88. The van der Waals surface area contributed by atoms with E-state index in [0.29, 0.717) is 6.54 Å². The summed E-state index contributed by atoms with van der Waals surface area (Å²) in [7, 11) is 0. The summed E-state index contributed by atoms with van der Waals surface area (Å²) in [5, 5.41) is 4.61. The van der Waals surface area contributed by atoms with Crippen molar-refractivity contribution < 1.29 is 0 Å². The molecule has 2 rings (SSSR count). The fraction of sp³-hybridized carbons (Fsp3) is 0.357. The molecule has 0 saturated heterocycles. The topological polar surface area (TPSA) is 43.8 Å². The predicted octanol–water partition coefficient (Wildman–Crippen LogP) is 3.12. The Balaban J connectivity index is 2.48. The number of hydrogen-bond acceptors (Lipinski definition) is 2. The molecule has 0 aliphatic heterocycles. The van der Waals surface area contributed by atoms with Crippen molar-refractivity contribution in [1.82, 2.24) is 9.78 Å². The van der Waals surface area contributed by atoms with Gasteiger partial charge in [0.25, 0.3) is 0 Å². The molecule has 18 heavy (non-hydrogen) atoms. The quantitative estimate of drug-likeness (QED) is 0.947. The minimum Gasteiger partial charge on any atom is -0.328 e. The van der Waals surface area contributed by atoms with Gasteiger partial charge in [-0.25, -0.2) is 0 Å². The van der Waals surface area contributed by atoms with Gasteiger partial charge in [0, 0.05) is 16.7 Å². The van der Waals surface area contributed by atoms with Gasteiger partial charge in [-0.2, -0.15) is 5.10 Å². The molecule has 0 aliphatic rings. The van der Waals surface area contributed by atoms with Crippen LogP contribution in [0.2, 0.25) is 0 Å². The van der Waals surface area contributed by atoms with Crippen LogP contribution in [-0.4, -0.2) is 16.3 Å². The molecule has 0 spiro atoms. The van der Waals surface area contributed by atoms with Gasteiger partial charge in [-0.15, -0.1) is 0 Å². The highest BCUT2D eigenvalue weighted by atomic mass is 79.9. The second-order valence-corrected chi connectivity index (χ2v) is 5.46. The van der Waals surface area contributed by atoms with Crippen LogP contribution in [-0.2, 0) is 0 Å². The molecule has 0 amide bonds. The van der Waals surface area contributed by atoms with E-state index in [9.17, 15) is 0 Å². The van der Waals surface area contributed by atoms with Crippen LogP contribution in [0.15, 0.2) is 28.7 Å². The number of nitrogens with zero attached hydrogens (tertiary/aromatic N) is 2. The molecule has 0 radical (unpaired) electrons. The minimum atomic E-state index is 0.0925. The van der Waals surface area contributed by atoms with Crippen molar-refractivity contribution in [3.8, 4) is 0 Å². The van der Waals surface area contributed by atoms with E-state index in [-0.39, 0.29) is 6.04 Å². The molecule has 1 heterocycles. The maximum atomic E-state index is 5.94. The minimum absolute atomic E-state index is 0.0925. The van der Waals surface area contributed by atoms with Gasteiger partial charge in [-0.05, 0) is 44.0 Å². The summed E-state index contributed by atoms with van der Waals surface area (Å²) in [5.74, 6) is 0. The van der Waals surface area contributed by atoms with Crippen molar-refractivity contribution in [1.29, 1.82) is 0 Å². The van der Waals surface area contributed by atoms with Crippen LogP contribution >= 0.6 is 15.9 Å². The molecule has 1 aromatic carbocycles. The standard InChI is InChI=1S/C14H18BrN3/c1-9-10(2)17-18(11(9)3)14(8-16)12-5-4-6-13(15)7-12/h4-7,14H,8,16H2,1-3H3. The number of nitrogens with two attached hydrogens (primary N) is 1. The normalized spacial score (nSPS) is 12.7. The van der Waals surface area contributed by atoms with Crippen molar-refractivity contribution in [2.75, 3.05) is 6.54 Å². The fourth-order valence-electron chi connectivity index (χ4n) is 2.14. The van der Waals surface area contributed by atoms with Gasteiger partial charge in [-0.3, -0.25) is 4.68 Å². The number of benzene rings is 1. The number of rotatable bonds is 3. The molecule has 0 bridgehead atoms. The lowest BCUT2D eigenvalue weighted by molar-refractivity contribution is 0.516. The van der Waals surface area contributed by atoms with Crippen molar-refractivity contribution >= 4 is 15.9 Å². The summed E-state index contributed by atoms with van der Waals surface area (Å²) >= 11 is 3.50. The zero-order valence-corrected chi connectivity index (χ0v) is 12.5. The van der Waals surface area contributed by atoms with Crippen molar-refractivity contribution in [2.45, 2.75) is 26.8 Å². The van der Waals surface area contributed by atoms with Crippen molar-refractivity contribution in [3.05, 3.63) is 51.3 Å². The molecule has 0 saturated carbocycles. The Hall–Kier alpha value is -1.13. The van der Waals surface area contributed by atoms with Crippen LogP contribution < -0.4 is 5.73 Å². The van der Waals surface area contributed by atoms with Crippen LogP contribution in [0.4, 0.5) is 0 Å². The Morgan fingerprint density at radius 1 is 1.33 bits per heavy atom. The first kappa shape index (κ1) is 13.3. The number of aromatic nitrogens is 2. The molecule has 2 aromatic rings. The maximum absolute atomic E-state index is 5.94. The molecule has 4 heteroatoms. The van der Waals surface area contributed by atoms with E-state index >= 15 is 0 Å². The van der Waals surface area contributed by atoms with Gasteiger partial charge >= 0.3 is 0 Å². The van der Waals surface area contributed by atoms with E-state index < -0.39 is 0 Å². The summed E-state index contributed by atoms with van der Waals surface area (Å²) in [4.78, 5) is 0. The molecule has 1 atom stereocenters. The number of halogens is 1. The van der Waals surface area contributed by atoms with Gasteiger partial charge in [0.1, 0.15) is 0 Å². The molecular formula is C14H18BrN3. The Morgan fingerprint density at radius 3 is 2.56 bits per heavy atom. The lowest BCUT2D eigenvalue weighted by Gasteiger charge is -2.18. The Bertz CT molecular complexity index is 560. The highest BCUT2D eigenvalue weighted by Crippen LogP contribution is 2.24. The van der Waals surface area contributed by atoms with Gasteiger partial charge in [0.2, 0.25) is 0 Å². The van der Waals surface area contributed by atoms with Crippen LogP contribution in [0.1, 0.15) is 28.6 Å². The molecule has 96 valence electrons. The molecule has 0 aliphatic carbocycles. The molecule has 3 nitrogen and oxygen atoms in total. The van der Waals surface area contributed by atoms with E-state index in [0.717, 1.165) is 10.2 Å². The van der Waals surface area contributed by atoms with E-state index in [1.165, 1.54) is 16.8 Å². The molecule has 1 aromatic heterocycles. The first-order chi connectivity index (χ1) is 8.54. The van der Waals surface area contributed by atoms with E-state index in [1.807, 2.05) is 23.7 Å². The average Bonchev–Trinajstić information content (AvgIpc) is 2.59. The van der Waals surface area contributed by atoms with E-state index in [2.05, 4.69) is 47.0 Å². The highest BCUT2D eigenvalue weighted by Gasteiger charge is 2.17. The second kappa shape index (κ2) is 5.24. The van der Waals surface area contributed by atoms with E-state index in [1.54, 1.807) is 0 Å². The largest absolute Gasteiger partial charge is 0.328 e. The number of aryl methyl sites for hydroxylation is 1.